The zero-order chi connectivity index (χ0) is 13.3. The Morgan fingerprint density at radius 1 is 1.22 bits per heavy atom. The third-order valence-electron chi connectivity index (χ3n) is 4.09. The number of nitrogens with zero attached hydrogens (tertiary/aromatic N) is 1. The lowest BCUT2D eigenvalue weighted by Gasteiger charge is -2.35. The maximum Gasteiger partial charge on any atom is 0.0372 e. The van der Waals surface area contributed by atoms with Crippen LogP contribution in [0.4, 0.5) is 5.69 Å². The largest absolute Gasteiger partial charge is 0.367 e. The number of benzene rings is 1. The molecule has 1 saturated heterocycles. The van der Waals surface area contributed by atoms with Crippen molar-refractivity contribution in [2.75, 3.05) is 18.0 Å². The number of nitrogens with one attached hydrogen (secondary N) is 1. The van der Waals surface area contributed by atoms with Crippen LogP contribution in [0.3, 0.4) is 0 Å². The minimum atomic E-state index is 0.184. The molecule has 0 aromatic heterocycles. The van der Waals surface area contributed by atoms with E-state index in [0.29, 0.717) is 6.04 Å². The minimum Gasteiger partial charge on any atom is -0.367 e. The van der Waals surface area contributed by atoms with Gasteiger partial charge in [0.05, 0.1) is 0 Å². The van der Waals surface area contributed by atoms with Crippen molar-refractivity contribution < 1.29 is 0 Å². The molecule has 1 aromatic rings. The van der Waals surface area contributed by atoms with Gasteiger partial charge in [-0.2, -0.15) is 0 Å². The van der Waals surface area contributed by atoms with Crippen LogP contribution in [-0.2, 0) is 0 Å². The van der Waals surface area contributed by atoms with Gasteiger partial charge in [0.1, 0.15) is 0 Å². The molecule has 1 fully saturated rings. The van der Waals surface area contributed by atoms with Gasteiger partial charge in [-0.1, -0.05) is 6.07 Å². The molecule has 2 nitrogen and oxygen atoms in total. The SMILES string of the molecule is Cc1ccc(N2CC(C)(C)NCCC2C)cc1C. The lowest BCUT2D eigenvalue weighted by molar-refractivity contribution is 0.415. The molecular weight excluding hydrogens is 220 g/mol. The van der Waals surface area contributed by atoms with E-state index in [1.165, 1.54) is 23.2 Å². The Labute approximate surface area is 111 Å². The smallest absolute Gasteiger partial charge is 0.0372 e. The lowest BCUT2D eigenvalue weighted by Crippen LogP contribution is -2.47. The minimum absolute atomic E-state index is 0.184. The highest BCUT2D eigenvalue weighted by molar-refractivity contribution is 5.52. The first-order chi connectivity index (χ1) is 8.39. The fourth-order valence-corrected chi connectivity index (χ4v) is 2.66. The van der Waals surface area contributed by atoms with Crippen LogP contribution in [0.25, 0.3) is 0 Å². The highest BCUT2D eigenvalue weighted by Crippen LogP contribution is 2.25. The number of rotatable bonds is 1. The van der Waals surface area contributed by atoms with Crippen molar-refractivity contribution >= 4 is 5.69 Å². The van der Waals surface area contributed by atoms with E-state index >= 15 is 0 Å². The second-order valence-corrected chi connectivity index (χ2v) is 6.34. The molecule has 100 valence electrons. The Hall–Kier alpha value is -1.02. The van der Waals surface area contributed by atoms with Crippen molar-refractivity contribution in [3.05, 3.63) is 29.3 Å². The van der Waals surface area contributed by atoms with Crippen LogP contribution in [0, 0.1) is 13.8 Å². The molecule has 18 heavy (non-hydrogen) atoms. The summed E-state index contributed by atoms with van der Waals surface area (Å²) in [4.78, 5) is 2.55. The van der Waals surface area contributed by atoms with Gasteiger partial charge < -0.3 is 10.2 Å². The summed E-state index contributed by atoms with van der Waals surface area (Å²) in [5.74, 6) is 0. The van der Waals surface area contributed by atoms with Gasteiger partial charge in [-0.05, 0) is 70.8 Å². The van der Waals surface area contributed by atoms with E-state index in [1.54, 1.807) is 0 Å². The van der Waals surface area contributed by atoms with Gasteiger partial charge in [0.15, 0.2) is 0 Å². The normalized spacial score (nSPS) is 23.8. The summed E-state index contributed by atoms with van der Waals surface area (Å²) < 4.78 is 0. The molecule has 0 aliphatic carbocycles. The summed E-state index contributed by atoms with van der Waals surface area (Å²) in [5, 5.41) is 3.64. The summed E-state index contributed by atoms with van der Waals surface area (Å²) in [7, 11) is 0. The molecule has 0 radical (unpaired) electrons. The Morgan fingerprint density at radius 3 is 2.61 bits per heavy atom. The number of aryl methyl sites for hydroxylation is 2. The van der Waals surface area contributed by atoms with E-state index in [1.807, 2.05) is 0 Å². The van der Waals surface area contributed by atoms with E-state index in [9.17, 15) is 0 Å². The Balaban J connectivity index is 2.30. The van der Waals surface area contributed by atoms with Crippen LogP contribution in [0.1, 0.15) is 38.3 Å². The zero-order valence-corrected chi connectivity index (χ0v) is 12.4. The average Bonchev–Trinajstić information content (AvgIpc) is 2.42. The predicted molar refractivity (Wildman–Crippen MR) is 79.4 cm³/mol. The highest BCUT2D eigenvalue weighted by Gasteiger charge is 2.28. The van der Waals surface area contributed by atoms with E-state index < -0.39 is 0 Å². The molecule has 1 aromatic carbocycles. The molecule has 0 amide bonds. The van der Waals surface area contributed by atoms with Crippen LogP contribution in [0.5, 0.6) is 0 Å². The molecule has 2 heteroatoms. The topological polar surface area (TPSA) is 15.3 Å². The Bertz CT molecular complexity index is 423. The summed E-state index contributed by atoms with van der Waals surface area (Å²) in [6.45, 7) is 13.5. The van der Waals surface area contributed by atoms with Gasteiger partial charge >= 0.3 is 0 Å². The fourth-order valence-electron chi connectivity index (χ4n) is 2.66. The van der Waals surface area contributed by atoms with Gasteiger partial charge in [-0.3, -0.25) is 0 Å². The van der Waals surface area contributed by atoms with Crippen LogP contribution >= 0.6 is 0 Å². The maximum absolute atomic E-state index is 3.64. The molecular formula is C16H26N2. The van der Waals surface area contributed by atoms with E-state index in [4.69, 9.17) is 0 Å². The Kier molecular flexibility index (Phi) is 3.67. The molecule has 1 heterocycles. The molecule has 1 aliphatic heterocycles. The first-order valence-electron chi connectivity index (χ1n) is 6.98. The molecule has 0 bridgehead atoms. The molecule has 0 spiro atoms. The summed E-state index contributed by atoms with van der Waals surface area (Å²) in [6.07, 6.45) is 1.20. The highest BCUT2D eigenvalue weighted by atomic mass is 15.2. The number of anilines is 1. The molecule has 1 N–H and O–H groups in total. The van der Waals surface area contributed by atoms with Crippen LogP contribution in [0.2, 0.25) is 0 Å². The lowest BCUT2D eigenvalue weighted by atomic mass is 10.0. The third-order valence-corrected chi connectivity index (χ3v) is 4.09. The molecule has 0 saturated carbocycles. The number of hydrogen-bond acceptors (Lipinski definition) is 2. The summed E-state index contributed by atoms with van der Waals surface area (Å²) in [5.41, 5.74) is 4.31. The Morgan fingerprint density at radius 2 is 1.94 bits per heavy atom. The molecule has 2 rings (SSSR count). The van der Waals surface area contributed by atoms with Crippen molar-refractivity contribution in [3.8, 4) is 0 Å². The fraction of sp³-hybridized carbons (Fsp3) is 0.625. The second-order valence-electron chi connectivity index (χ2n) is 6.34. The van der Waals surface area contributed by atoms with Crippen LogP contribution in [0.15, 0.2) is 18.2 Å². The van der Waals surface area contributed by atoms with Crippen molar-refractivity contribution in [3.63, 3.8) is 0 Å². The van der Waals surface area contributed by atoms with Crippen molar-refractivity contribution in [2.24, 2.45) is 0 Å². The van der Waals surface area contributed by atoms with Gasteiger partial charge in [-0.15, -0.1) is 0 Å². The van der Waals surface area contributed by atoms with Gasteiger partial charge in [-0.25, -0.2) is 0 Å². The first kappa shape index (κ1) is 13.4. The van der Waals surface area contributed by atoms with Gasteiger partial charge in [0.2, 0.25) is 0 Å². The predicted octanol–water partition coefficient (Wildman–Crippen LogP) is 3.27. The van der Waals surface area contributed by atoms with Crippen molar-refractivity contribution in [2.45, 2.75) is 52.6 Å². The van der Waals surface area contributed by atoms with E-state index in [2.05, 4.69) is 63.0 Å². The average molecular weight is 246 g/mol. The van der Waals surface area contributed by atoms with E-state index in [0.717, 1.165) is 13.1 Å². The quantitative estimate of drug-likeness (QED) is 0.818. The molecule has 1 unspecified atom stereocenters. The van der Waals surface area contributed by atoms with Crippen molar-refractivity contribution in [1.82, 2.24) is 5.32 Å². The summed E-state index contributed by atoms with van der Waals surface area (Å²) in [6, 6.07) is 7.43. The maximum atomic E-state index is 3.64. The number of hydrogen-bond donors (Lipinski definition) is 1. The summed E-state index contributed by atoms with van der Waals surface area (Å²) >= 11 is 0. The molecule has 1 atom stereocenters. The zero-order valence-electron chi connectivity index (χ0n) is 12.4. The van der Waals surface area contributed by atoms with Gasteiger partial charge in [0.25, 0.3) is 0 Å². The monoisotopic (exact) mass is 246 g/mol. The second kappa shape index (κ2) is 4.93. The van der Waals surface area contributed by atoms with Gasteiger partial charge in [0, 0.05) is 23.8 Å². The van der Waals surface area contributed by atoms with Crippen LogP contribution < -0.4 is 10.2 Å². The van der Waals surface area contributed by atoms with Crippen molar-refractivity contribution in [1.29, 1.82) is 0 Å². The van der Waals surface area contributed by atoms with E-state index in [-0.39, 0.29) is 5.54 Å². The standard InChI is InChI=1S/C16H26N2/c1-12-6-7-15(10-13(12)2)18-11-16(4,5)17-9-8-14(18)3/h6-7,10,14,17H,8-9,11H2,1-5H3. The van der Waals surface area contributed by atoms with Crippen LogP contribution in [-0.4, -0.2) is 24.7 Å². The third kappa shape index (κ3) is 2.86. The molecule has 1 aliphatic rings. The first-order valence-corrected chi connectivity index (χ1v) is 6.98.